The number of hydrogen-bond acceptors (Lipinski definition) is 5. The summed E-state index contributed by atoms with van der Waals surface area (Å²) in [6.07, 6.45) is 1.52. The van der Waals surface area contributed by atoms with Gasteiger partial charge in [-0.25, -0.2) is 9.97 Å². The molecule has 0 fully saturated rings. The highest BCUT2D eigenvalue weighted by atomic mass is 16.5. The van der Waals surface area contributed by atoms with Gasteiger partial charge in [-0.2, -0.15) is 0 Å². The Morgan fingerprint density at radius 3 is 2.70 bits per heavy atom. The van der Waals surface area contributed by atoms with Crippen LogP contribution in [0.4, 0.5) is 11.5 Å². The van der Waals surface area contributed by atoms with E-state index in [1.54, 1.807) is 0 Å². The zero-order valence-electron chi connectivity index (χ0n) is 12.1. The van der Waals surface area contributed by atoms with Crippen molar-refractivity contribution in [1.29, 1.82) is 0 Å². The van der Waals surface area contributed by atoms with E-state index in [1.807, 2.05) is 50.1 Å². The van der Waals surface area contributed by atoms with Gasteiger partial charge in [-0.05, 0) is 25.5 Å². The fourth-order valence-electron chi connectivity index (χ4n) is 2.17. The molecule has 2 N–H and O–H groups in total. The van der Waals surface area contributed by atoms with E-state index in [0.29, 0.717) is 19.0 Å². The van der Waals surface area contributed by atoms with Gasteiger partial charge >= 0.3 is 0 Å². The van der Waals surface area contributed by atoms with Crippen molar-refractivity contribution in [2.45, 2.75) is 20.4 Å². The molecular weight excluding hydrogens is 252 g/mol. The summed E-state index contributed by atoms with van der Waals surface area (Å²) < 4.78 is 5.52. The summed E-state index contributed by atoms with van der Waals surface area (Å²) in [6, 6.07) is 8.03. The van der Waals surface area contributed by atoms with Crippen LogP contribution in [0.25, 0.3) is 0 Å². The van der Waals surface area contributed by atoms with Gasteiger partial charge in [0, 0.05) is 19.3 Å². The van der Waals surface area contributed by atoms with Crippen molar-refractivity contribution in [3.05, 3.63) is 41.7 Å². The number of nitrogens with two attached hydrogens (primary N) is 1. The van der Waals surface area contributed by atoms with Crippen LogP contribution in [0.3, 0.4) is 0 Å². The topological polar surface area (TPSA) is 64.3 Å². The van der Waals surface area contributed by atoms with Gasteiger partial charge in [0.25, 0.3) is 0 Å². The molecule has 20 heavy (non-hydrogen) atoms. The van der Waals surface area contributed by atoms with Crippen LogP contribution in [-0.4, -0.2) is 23.6 Å². The summed E-state index contributed by atoms with van der Waals surface area (Å²) in [5, 5.41) is 0. The van der Waals surface area contributed by atoms with Gasteiger partial charge in [0.15, 0.2) is 0 Å². The van der Waals surface area contributed by atoms with Crippen molar-refractivity contribution in [3.63, 3.8) is 0 Å². The Labute approximate surface area is 119 Å². The van der Waals surface area contributed by atoms with E-state index >= 15 is 0 Å². The summed E-state index contributed by atoms with van der Waals surface area (Å²) in [7, 11) is 1.97. The van der Waals surface area contributed by atoms with Crippen LogP contribution >= 0.6 is 0 Å². The monoisotopic (exact) mass is 272 g/mol. The molecule has 2 aromatic rings. The Bertz CT molecular complexity index is 586. The van der Waals surface area contributed by atoms with E-state index in [0.717, 1.165) is 22.6 Å². The second kappa shape index (κ2) is 6.34. The molecule has 0 unspecified atom stereocenters. The van der Waals surface area contributed by atoms with E-state index in [9.17, 15) is 0 Å². The summed E-state index contributed by atoms with van der Waals surface area (Å²) in [5.74, 6) is 1.44. The lowest BCUT2D eigenvalue weighted by Gasteiger charge is -2.23. The molecular formula is C15H20N4O. The minimum absolute atomic E-state index is 0.489. The molecule has 0 saturated heterocycles. The van der Waals surface area contributed by atoms with Gasteiger partial charge in [-0.15, -0.1) is 0 Å². The summed E-state index contributed by atoms with van der Waals surface area (Å²) in [6.45, 7) is 4.97. The smallest absolute Gasteiger partial charge is 0.221 e. The summed E-state index contributed by atoms with van der Waals surface area (Å²) in [4.78, 5) is 10.5. The molecule has 5 nitrogen and oxygen atoms in total. The van der Waals surface area contributed by atoms with Crippen molar-refractivity contribution < 1.29 is 4.74 Å². The van der Waals surface area contributed by atoms with Gasteiger partial charge < -0.3 is 15.4 Å². The second-order valence-corrected chi connectivity index (χ2v) is 4.45. The molecule has 0 spiro atoms. The van der Waals surface area contributed by atoms with Crippen LogP contribution < -0.4 is 15.4 Å². The zero-order valence-corrected chi connectivity index (χ0v) is 12.1. The molecule has 0 aliphatic heterocycles. The van der Waals surface area contributed by atoms with E-state index in [2.05, 4.69) is 9.97 Å². The van der Waals surface area contributed by atoms with Gasteiger partial charge in [-0.1, -0.05) is 18.2 Å². The standard InChI is InChI=1S/C15H20N4O/c1-4-20-15-11(2)14(17-10-18-15)19(3)13-8-6-5-7-12(13)9-16/h5-8,10H,4,9,16H2,1-3H3. The Kier molecular flexibility index (Phi) is 4.53. The lowest BCUT2D eigenvalue weighted by molar-refractivity contribution is 0.323. The van der Waals surface area contributed by atoms with Gasteiger partial charge in [0.1, 0.15) is 12.1 Å². The maximum absolute atomic E-state index is 5.80. The predicted molar refractivity (Wildman–Crippen MR) is 80.3 cm³/mol. The first-order valence-electron chi connectivity index (χ1n) is 6.65. The third-order valence-corrected chi connectivity index (χ3v) is 3.18. The van der Waals surface area contributed by atoms with Crippen molar-refractivity contribution in [3.8, 4) is 5.88 Å². The Hall–Kier alpha value is -2.14. The molecule has 0 aliphatic carbocycles. The largest absolute Gasteiger partial charge is 0.478 e. The molecule has 1 heterocycles. The fraction of sp³-hybridized carbons (Fsp3) is 0.333. The van der Waals surface area contributed by atoms with Crippen LogP contribution in [0.5, 0.6) is 5.88 Å². The Morgan fingerprint density at radius 2 is 2.00 bits per heavy atom. The SMILES string of the molecule is CCOc1ncnc(N(C)c2ccccc2CN)c1C. The summed E-state index contributed by atoms with van der Waals surface area (Å²) in [5.41, 5.74) is 8.83. The number of hydrogen-bond donors (Lipinski definition) is 1. The molecule has 0 atom stereocenters. The number of anilines is 2. The molecule has 0 radical (unpaired) electrons. The van der Waals surface area contributed by atoms with Crippen LogP contribution in [0.2, 0.25) is 0 Å². The van der Waals surface area contributed by atoms with Crippen LogP contribution in [0.1, 0.15) is 18.1 Å². The van der Waals surface area contributed by atoms with Gasteiger partial charge in [-0.3, -0.25) is 0 Å². The molecule has 106 valence electrons. The number of ether oxygens (including phenoxy) is 1. The van der Waals surface area contributed by atoms with Crippen molar-refractivity contribution in [2.75, 3.05) is 18.6 Å². The lowest BCUT2D eigenvalue weighted by atomic mass is 10.1. The van der Waals surface area contributed by atoms with Crippen molar-refractivity contribution >= 4 is 11.5 Å². The molecule has 2 rings (SSSR count). The first kappa shape index (κ1) is 14.3. The minimum atomic E-state index is 0.489. The fourth-order valence-corrected chi connectivity index (χ4v) is 2.17. The third-order valence-electron chi connectivity index (χ3n) is 3.18. The predicted octanol–water partition coefficient (Wildman–Crippen LogP) is 2.41. The molecule has 0 saturated carbocycles. The first-order chi connectivity index (χ1) is 9.69. The van der Waals surface area contributed by atoms with Crippen LogP contribution in [0.15, 0.2) is 30.6 Å². The number of nitrogens with zero attached hydrogens (tertiary/aromatic N) is 3. The molecule has 5 heteroatoms. The minimum Gasteiger partial charge on any atom is -0.478 e. The number of benzene rings is 1. The van der Waals surface area contributed by atoms with Gasteiger partial charge in [0.2, 0.25) is 5.88 Å². The lowest BCUT2D eigenvalue weighted by Crippen LogP contribution is -2.16. The molecule has 1 aromatic carbocycles. The number of para-hydroxylation sites is 1. The average Bonchev–Trinajstić information content (AvgIpc) is 2.49. The van der Waals surface area contributed by atoms with E-state index in [1.165, 1.54) is 6.33 Å². The maximum atomic E-state index is 5.80. The van der Waals surface area contributed by atoms with Crippen LogP contribution in [0, 0.1) is 6.92 Å². The average molecular weight is 272 g/mol. The van der Waals surface area contributed by atoms with Crippen molar-refractivity contribution in [1.82, 2.24) is 9.97 Å². The van der Waals surface area contributed by atoms with E-state index in [4.69, 9.17) is 10.5 Å². The quantitative estimate of drug-likeness (QED) is 0.905. The highest BCUT2D eigenvalue weighted by Gasteiger charge is 2.15. The molecule has 0 amide bonds. The maximum Gasteiger partial charge on any atom is 0.221 e. The van der Waals surface area contributed by atoms with Crippen molar-refractivity contribution in [2.24, 2.45) is 5.73 Å². The summed E-state index contributed by atoms with van der Waals surface area (Å²) >= 11 is 0. The zero-order chi connectivity index (χ0) is 14.5. The van der Waals surface area contributed by atoms with Crippen LogP contribution in [-0.2, 0) is 6.54 Å². The first-order valence-corrected chi connectivity index (χ1v) is 6.65. The second-order valence-electron chi connectivity index (χ2n) is 4.45. The number of aromatic nitrogens is 2. The Morgan fingerprint density at radius 1 is 1.25 bits per heavy atom. The third kappa shape index (κ3) is 2.72. The molecule has 1 aromatic heterocycles. The Balaban J connectivity index is 2.43. The van der Waals surface area contributed by atoms with E-state index < -0.39 is 0 Å². The molecule has 0 aliphatic rings. The highest BCUT2D eigenvalue weighted by molar-refractivity contribution is 5.66. The van der Waals surface area contributed by atoms with Gasteiger partial charge in [0.05, 0.1) is 12.2 Å². The highest BCUT2D eigenvalue weighted by Crippen LogP contribution is 2.30. The van der Waals surface area contributed by atoms with E-state index in [-0.39, 0.29) is 0 Å². The molecule has 0 bridgehead atoms. The number of rotatable bonds is 5. The normalized spacial score (nSPS) is 10.4.